The van der Waals surface area contributed by atoms with Gasteiger partial charge in [0.15, 0.2) is 5.76 Å². The molecule has 0 fully saturated rings. The van der Waals surface area contributed by atoms with Crippen molar-refractivity contribution >= 4 is 24.5 Å². The fraction of sp³-hybridized carbons (Fsp3) is 0. The maximum atomic E-state index is 11.1. The first-order valence-corrected chi connectivity index (χ1v) is 3.42. The molecule has 1 aliphatic carbocycles. The van der Waals surface area contributed by atoms with Gasteiger partial charge in [-0.3, -0.25) is 19.2 Å². The van der Waals surface area contributed by atoms with Gasteiger partial charge in [-0.05, 0) is 12.2 Å². The topological polar surface area (TPSA) is 86.7 Å². The zero-order valence-electron chi connectivity index (χ0n) is 6.76. The Morgan fingerprint density at radius 1 is 1.00 bits per heavy atom. The molecule has 0 aromatic carbocycles. The molecule has 14 heavy (non-hydrogen) atoms. The molecule has 1 aliphatic rings. The second kappa shape index (κ2) is 4.13. The third-order valence-electron chi connectivity index (χ3n) is 1.38. The van der Waals surface area contributed by atoms with Crippen molar-refractivity contribution in [3.8, 4) is 0 Å². The molecule has 0 amide bonds. The Morgan fingerprint density at radius 2 is 1.64 bits per heavy atom. The maximum Gasteiger partial charge on any atom is 0.298 e. The van der Waals surface area contributed by atoms with Crippen molar-refractivity contribution in [1.82, 2.24) is 0 Å². The molecule has 0 unspecified atom stereocenters. The molecule has 0 atom stereocenters. The van der Waals surface area contributed by atoms with Crippen LogP contribution in [0.5, 0.6) is 0 Å². The summed E-state index contributed by atoms with van der Waals surface area (Å²) in [5.74, 6) is -2.73. The second-order valence-electron chi connectivity index (χ2n) is 2.15. The molecule has 0 saturated carbocycles. The van der Waals surface area contributed by atoms with Crippen LogP contribution < -0.4 is 0 Å². The van der Waals surface area contributed by atoms with Crippen LogP contribution in [0.2, 0.25) is 0 Å². The first kappa shape index (κ1) is 9.85. The number of hydrogen-bond donors (Lipinski definition) is 0. The van der Waals surface area contributed by atoms with Crippen LogP contribution in [0.25, 0.3) is 0 Å². The number of Topliss-reactive ketones (excluding diaryl/α,β-unsaturated/α-hetero) is 1. The molecule has 0 aromatic heterocycles. The van der Waals surface area contributed by atoms with Crippen LogP contribution in [0.15, 0.2) is 23.7 Å². The summed E-state index contributed by atoms with van der Waals surface area (Å²) in [4.78, 5) is 41.8. The minimum atomic E-state index is -1.03. The number of carbonyl (C=O) groups is 4. The van der Waals surface area contributed by atoms with E-state index in [2.05, 4.69) is 9.47 Å². The van der Waals surface area contributed by atoms with Gasteiger partial charge < -0.3 is 9.47 Å². The van der Waals surface area contributed by atoms with Gasteiger partial charge in [-0.1, -0.05) is 0 Å². The third kappa shape index (κ3) is 1.74. The van der Waals surface area contributed by atoms with Crippen LogP contribution in [0, 0.1) is 0 Å². The number of carbonyl (C=O) groups excluding carboxylic acids is 4. The molecule has 0 saturated heterocycles. The molecule has 0 bridgehead atoms. The number of hydrogen-bond acceptors (Lipinski definition) is 6. The molecule has 72 valence electrons. The van der Waals surface area contributed by atoms with E-state index in [-0.39, 0.29) is 18.7 Å². The predicted molar refractivity (Wildman–Crippen MR) is 40.5 cm³/mol. The van der Waals surface area contributed by atoms with Crippen molar-refractivity contribution in [2.75, 3.05) is 0 Å². The van der Waals surface area contributed by atoms with Gasteiger partial charge in [-0.15, -0.1) is 0 Å². The normalized spacial score (nSPS) is 15.4. The monoisotopic (exact) mass is 196 g/mol. The Hall–Kier alpha value is -2.24. The van der Waals surface area contributed by atoms with Gasteiger partial charge in [0.25, 0.3) is 18.7 Å². The highest BCUT2D eigenvalue weighted by Gasteiger charge is 2.27. The van der Waals surface area contributed by atoms with Crippen molar-refractivity contribution in [1.29, 1.82) is 0 Å². The number of ether oxygens (including phenoxy) is 2. The maximum absolute atomic E-state index is 11.1. The molecule has 1 rings (SSSR count). The van der Waals surface area contributed by atoms with E-state index in [1.165, 1.54) is 0 Å². The van der Waals surface area contributed by atoms with Gasteiger partial charge in [-0.2, -0.15) is 0 Å². The van der Waals surface area contributed by atoms with E-state index in [0.717, 1.165) is 12.2 Å². The first-order valence-electron chi connectivity index (χ1n) is 3.42. The van der Waals surface area contributed by atoms with Crippen molar-refractivity contribution in [3.63, 3.8) is 0 Å². The molecule has 0 aliphatic heterocycles. The molecular weight excluding hydrogens is 192 g/mol. The van der Waals surface area contributed by atoms with Gasteiger partial charge in [0.05, 0.1) is 0 Å². The van der Waals surface area contributed by atoms with Crippen LogP contribution in [0.1, 0.15) is 0 Å². The lowest BCUT2D eigenvalue weighted by atomic mass is 10.1. The Bertz CT molecular complexity index is 362. The predicted octanol–water partition coefficient (Wildman–Crippen LogP) is -0.748. The van der Waals surface area contributed by atoms with Crippen molar-refractivity contribution in [3.05, 3.63) is 23.7 Å². The van der Waals surface area contributed by atoms with Crippen LogP contribution in [0.4, 0.5) is 0 Å². The Balaban J connectivity index is 3.08. The summed E-state index contributed by atoms with van der Waals surface area (Å²) in [7, 11) is 0. The first-order chi connectivity index (χ1) is 6.70. The lowest BCUT2D eigenvalue weighted by Crippen LogP contribution is -2.21. The summed E-state index contributed by atoms with van der Waals surface area (Å²) in [6.07, 6.45) is 1.98. The molecule has 0 radical (unpaired) electrons. The zero-order valence-corrected chi connectivity index (χ0v) is 6.76. The van der Waals surface area contributed by atoms with Gasteiger partial charge in [0.2, 0.25) is 11.5 Å². The number of allylic oxidation sites excluding steroid dienone is 3. The summed E-state index contributed by atoms with van der Waals surface area (Å²) in [6, 6.07) is 0. The smallest absolute Gasteiger partial charge is 0.298 e. The van der Waals surface area contributed by atoms with E-state index in [9.17, 15) is 19.2 Å². The van der Waals surface area contributed by atoms with Crippen molar-refractivity contribution in [2.24, 2.45) is 0 Å². The van der Waals surface area contributed by atoms with E-state index in [0.29, 0.717) is 0 Å². The summed E-state index contributed by atoms with van der Waals surface area (Å²) in [6.45, 7) is 0.0186. The fourth-order valence-electron chi connectivity index (χ4n) is 0.831. The molecule has 0 heterocycles. The second-order valence-corrected chi connectivity index (χ2v) is 2.15. The number of rotatable bonds is 4. The van der Waals surface area contributed by atoms with Crippen LogP contribution in [0.3, 0.4) is 0 Å². The Kier molecular flexibility index (Phi) is 2.90. The zero-order chi connectivity index (χ0) is 10.6. The van der Waals surface area contributed by atoms with E-state index >= 15 is 0 Å². The average Bonchev–Trinajstić information content (AvgIpc) is 2.18. The molecule has 0 N–H and O–H groups in total. The minimum Gasteiger partial charge on any atom is -0.425 e. The fourth-order valence-corrected chi connectivity index (χ4v) is 0.831. The Morgan fingerprint density at radius 3 is 2.21 bits per heavy atom. The van der Waals surface area contributed by atoms with Crippen LogP contribution in [-0.4, -0.2) is 24.5 Å². The largest absolute Gasteiger partial charge is 0.425 e. The average molecular weight is 196 g/mol. The molecule has 6 nitrogen and oxygen atoms in total. The van der Waals surface area contributed by atoms with Gasteiger partial charge in [-0.25, -0.2) is 0 Å². The standard InChI is InChI=1S/C8H4O6/c9-3-13-6-2-1-5(11)7(12)8(6)14-4-10/h1-4H. The SMILES string of the molecule is O=COC1=C(OC=O)C(=O)C(=O)C=C1. The van der Waals surface area contributed by atoms with E-state index in [1.54, 1.807) is 0 Å². The van der Waals surface area contributed by atoms with Crippen molar-refractivity contribution < 1.29 is 28.7 Å². The summed E-state index contributed by atoms with van der Waals surface area (Å²) < 4.78 is 8.55. The molecule has 0 aromatic rings. The lowest BCUT2D eigenvalue weighted by molar-refractivity contribution is -0.138. The number of ketones is 2. The highest BCUT2D eigenvalue weighted by atomic mass is 16.6. The van der Waals surface area contributed by atoms with Crippen LogP contribution in [-0.2, 0) is 28.7 Å². The molecule has 0 spiro atoms. The van der Waals surface area contributed by atoms with E-state index < -0.39 is 17.3 Å². The third-order valence-corrected chi connectivity index (χ3v) is 1.38. The Labute approximate surface area is 77.8 Å². The summed E-state index contributed by atoms with van der Waals surface area (Å²) in [5, 5.41) is 0. The quantitative estimate of drug-likeness (QED) is 0.334. The minimum absolute atomic E-state index is 0.0339. The van der Waals surface area contributed by atoms with Gasteiger partial charge in [0, 0.05) is 0 Å². The lowest BCUT2D eigenvalue weighted by Gasteiger charge is -2.08. The van der Waals surface area contributed by atoms with Gasteiger partial charge in [0.1, 0.15) is 0 Å². The van der Waals surface area contributed by atoms with Gasteiger partial charge >= 0.3 is 0 Å². The van der Waals surface area contributed by atoms with E-state index in [4.69, 9.17) is 0 Å². The van der Waals surface area contributed by atoms with E-state index in [1.807, 2.05) is 0 Å². The van der Waals surface area contributed by atoms with Crippen LogP contribution >= 0.6 is 0 Å². The highest BCUT2D eigenvalue weighted by molar-refractivity contribution is 6.47. The van der Waals surface area contributed by atoms with Crippen molar-refractivity contribution in [2.45, 2.75) is 0 Å². The molecular formula is C8H4O6. The summed E-state index contributed by atoms with van der Waals surface area (Å²) >= 11 is 0. The molecule has 6 heteroatoms. The highest BCUT2D eigenvalue weighted by Crippen LogP contribution is 2.14. The summed E-state index contributed by atoms with van der Waals surface area (Å²) in [5.41, 5.74) is 0.